The van der Waals surface area contributed by atoms with E-state index >= 15 is 0 Å². The topological polar surface area (TPSA) is 76.7 Å². The highest BCUT2D eigenvalue weighted by Gasteiger charge is 2.54. The van der Waals surface area contributed by atoms with E-state index in [9.17, 15) is 35.9 Å². The summed E-state index contributed by atoms with van der Waals surface area (Å²) in [6.07, 6.45) is -1.96. The smallest absolute Gasteiger partial charge is 0.419 e. The van der Waals surface area contributed by atoms with Gasteiger partial charge in [-0.25, -0.2) is 13.2 Å². The first-order valence-electron chi connectivity index (χ1n) is 13.3. The van der Waals surface area contributed by atoms with Gasteiger partial charge in [-0.15, -0.1) is 0 Å². The number of amides is 2. The Balaban J connectivity index is 1.51. The third kappa shape index (κ3) is 5.91. The van der Waals surface area contributed by atoms with Gasteiger partial charge in [-0.05, 0) is 60.7 Å². The minimum atomic E-state index is -4.98. The van der Waals surface area contributed by atoms with E-state index in [1.54, 1.807) is 18.2 Å². The second-order valence-electron chi connectivity index (χ2n) is 10.4. The van der Waals surface area contributed by atoms with E-state index in [4.69, 9.17) is 9.47 Å². The molecule has 0 saturated heterocycles. The van der Waals surface area contributed by atoms with Crippen molar-refractivity contribution in [1.82, 2.24) is 5.32 Å². The average Bonchev–Trinajstić information content (AvgIpc) is 3.48. The first kappa shape index (κ1) is 30.0. The Morgan fingerprint density at radius 3 is 2.30 bits per heavy atom. The molecular formula is C31H26F6N2O4. The van der Waals surface area contributed by atoms with Gasteiger partial charge in [0.2, 0.25) is 5.91 Å². The van der Waals surface area contributed by atoms with E-state index in [1.165, 1.54) is 14.2 Å². The van der Waals surface area contributed by atoms with Crippen LogP contribution in [-0.2, 0) is 11.0 Å². The van der Waals surface area contributed by atoms with E-state index in [-0.39, 0.29) is 22.9 Å². The molecule has 3 aromatic rings. The Morgan fingerprint density at radius 2 is 1.60 bits per heavy atom. The second-order valence-corrected chi connectivity index (χ2v) is 10.4. The van der Waals surface area contributed by atoms with Crippen LogP contribution in [0.1, 0.15) is 34.3 Å². The van der Waals surface area contributed by atoms with Crippen molar-refractivity contribution in [3.8, 4) is 11.5 Å². The highest BCUT2D eigenvalue weighted by Crippen LogP contribution is 2.53. The Hall–Kier alpha value is -4.48. The molecule has 4 atom stereocenters. The molecule has 2 fully saturated rings. The van der Waals surface area contributed by atoms with Gasteiger partial charge in [0.1, 0.15) is 17.3 Å². The van der Waals surface area contributed by atoms with Gasteiger partial charge >= 0.3 is 6.18 Å². The van der Waals surface area contributed by atoms with Gasteiger partial charge in [-0.1, -0.05) is 23.8 Å². The summed E-state index contributed by atoms with van der Waals surface area (Å²) in [6, 6.07) is 9.87. The number of nitrogens with one attached hydrogen (secondary N) is 2. The number of benzene rings is 3. The summed E-state index contributed by atoms with van der Waals surface area (Å²) >= 11 is 0. The number of carbonyl (C=O) groups is 2. The molecule has 0 aliphatic heterocycles. The molecule has 5 rings (SSSR count). The van der Waals surface area contributed by atoms with Crippen LogP contribution in [0.25, 0.3) is 6.08 Å². The van der Waals surface area contributed by atoms with Crippen LogP contribution in [0.15, 0.2) is 60.2 Å². The zero-order valence-electron chi connectivity index (χ0n) is 22.9. The minimum absolute atomic E-state index is 0.223. The molecule has 2 aliphatic carbocycles. The van der Waals surface area contributed by atoms with Gasteiger partial charge in [0.05, 0.1) is 31.3 Å². The van der Waals surface area contributed by atoms with Gasteiger partial charge in [0.25, 0.3) is 5.91 Å². The van der Waals surface area contributed by atoms with E-state index in [0.29, 0.717) is 36.8 Å². The van der Waals surface area contributed by atoms with Crippen molar-refractivity contribution in [3.05, 3.63) is 94.3 Å². The molecule has 3 aromatic carbocycles. The van der Waals surface area contributed by atoms with Crippen molar-refractivity contribution in [3.63, 3.8) is 0 Å². The first-order valence-corrected chi connectivity index (χ1v) is 13.3. The van der Waals surface area contributed by atoms with E-state index in [1.807, 2.05) is 12.1 Å². The summed E-state index contributed by atoms with van der Waals surface area (Å²) in [5.41, 5.74) is -0.492. The molecular weight excluding hydrogens is 578 g/mol. The summed E-state index contributed by atoms with van der Waals surface area (Å²) in [5, 5.41) is 5.23. The molecule has 0 aromatic heterocycles. The van der Waals surface area contributed by atoms with Crippen LogP contribution in [0.4, 0.5) is 32.0 Å². The lowest BCUT2D eigenvalue weighted by molar-refractivity contribution is -0.140. The predicted molar refractivity (Wildman–Crippen MR) is 145 cm³/mol. The SMILES string of the molecule is COc1cccc(/C=C2\C3CCC2[C@H](C(=O)Nc2ccc(F)c(C(F)(F)F)c2)[C@@H]3NC(=O)c2cc(F)c(F)cc2OC)c1. The van der Waals surface area contributed by atoms with E-state index in [0.717, 1.165) is 23.3 Å². The zero-order chi connectivity index (χ0) is 31.1. The summed E-state index contributed by atoms with van der Waals surface area (Å²) in [7, 11) is 2.70. The molecule has 2 N–H and O–H groups in total. The first-order chi connectivity index (χ1) is 20.4. The van der Waals surface area contributed by atoms with Crippen molar-refractivity contribution in [2.45, 2.75) is 25.1 Å². The van der Waals surface area contributed by atoms with Crippen molar-refractivity contribution in [2.75, 3.05) is 19.5 Å². The number of carbonyl (C=O) groups excluding carboxylic acids is 2. The van der Waals surface area contributed by atoms with Crippen LogP contribution in [0.5, 0.6) is 11.5 Å². The van der Waals surface area contributed by atoms with Crippen molar-refractivity contribution >= 4 is 23.6 Å². The number of fused-ring (bicyclic) bond motifs is 2. The highest BCUT2D eigenvalue weighted by atomic mass is 19.4. The normalized spacial score (nSPS) is 22.0. The van der Waals surface area contributed by atoms with E-state index in [2.05, 4.69) is 10.6 Å². The minimum Gasteiger partial charge on any atom is -0.497 e. The summed E-state index contributed by atoms with van der Waals surface area (Å²) in [5.74, 6) is -6.83. The lowest BCUT2D eigenvalue weighted by Crippen LogP contribution is -2.48. The Kier molecular flexibility index (Phi) is 8.13. The summed E-state index contributed by atoms with van der Waals surface area (Å²) in [4.78, 5) is 27.1. The highest BCUT2D eigenvalue weighted by molar-refractivity contribution is 5.99. The van der Waals surface area contributed by atoms with Crippen molar-refractivity contribution in [2.24, 2.45) is 17.8 Å². The predicted octanol–water partition coefficient (Wildman–Crippen LogP) is 6.62. The molecule has 43 heavy (non-hydrogen) atoms. The second kappa shape index (κ2) is 11.7. The lowest BCUT2D eigenvalue weighted by atomic mass is 9.83. The molecule has 0 heterocycles. The molecule has 6 nitrogen and oxygen atoms in total. The van der Waals surface area contributed by atoms with Gasteiger partial charge < -0.3 is 20.1 Å². The lowest BCUT2D eigenvalue weighted by Gasteiger charge is -2.30. The van der Waals surface area contributed by atoms with Crippen LogP contribution < -0.4 is 20.1 Å². The van der Waals surface area contributed by atoms with Gasteiger partial charge in [-0.2, -0.15) is 13.2 Å². The number of hydrogen-bond acceptors (Lipinski definition) is 4. The number of anilines is 1. The van der Waals surface area contributed by atoms with Crippen LogP contribution in [-0.4, -0.2) is 32.1 Å². The largest absolute Gasteiger partial charge is 0.497 e. The van der Waals surface area contributed by atoms with Crippen molar-refractivity contribution in [1.29, 1.82) is 0 Å². The Labute approximate surface area is 242 Å². The quantitative estimate of drug-likeness (QED) is 0.298. The summed E-state index contributed by atoms with van der Waals surface area (Å²) in [6.45, 7) is 0. The fourth-order valence-electron chi connectivity index (χ4n) is 6.07. The molecule has 2 bridgehead atoms. The molecule has 12 heteroatoms. The maximum Gasteiger partial charge on any atom is 0.419 e. The maximum atomic E-state index is 14.1. The maximum absolute atomic E-state index is 14.1. The van der Waals surface area contributed by atoms with Gasteiger partial charge in [0.15, 0.2) is 11.6 Å². The number of hydrogen-bond donors (Lipinski definition) is 2. The fourth-order valence-corrected chi connectivity index (χ4v) is 6.07. The number of halogens is 6. The number of ether oxygens (including phenoxy) is 2. The molecule has 0 radical (unpaired) electrons. The third-order valence-electron chi connectivity index (χ3n) is 7.95. The number of methoxy groups -OCH3 is 2. The third-order valence-corrected chi connectivity index (χ3v) is 7.95. The van der Waals surface area contributed by atoms with Gasteiger partial charge in [-0.3, -0.25) is 9.59 Å². The average molecular weight is 605 g/mol. The van der Waals surface area contributed by atoms with Crippen molar-refractivity contribution < 1.29 is 45.4 Å². The standard InChI is InChI=1S/C31H26F6N2O4/c1-42-17-5-3-4-15(10-17)11-20-18-7-8-19(20)28(39-29(40)21-13-24(33)25(34)14-26(21)43-2)27(18)30(41)38-16-6-9-23(32)22(12-16)31(35,36)37/h3-6,9-14,18-19,27-28H,7-8H2,1-2H3,(H,38,41)(H,39,40)/b20-11-/t18?,19?,27-,28+/m0/s1. The van der Waals surface area contributed by atoms with E-state index < -0.39 is 58.9 Å². The van der Waals surface area contributed by atoms with Crippen LogP contribution in [0, 0.1) is 35.2 Å². The number of alkyl halides is 3. The Bertz CT molecular complexity index is 1610. The van der Waals surface area contributed by atoms with Crippen LogP contribution in [0.2, 0.25) is 0 Å². The molecule has 0 spiro atoms. The molecule has 2 aliphatic rings. The van der Waals surface area contributed by atoms with Gasteiger partial charge in [0, 0.05) is 23.7 Å². The molecule has 2 saturated carbocycles. The number of rotatable bonds is 7. The molecule has 2 unspecified atom stereocenters. The van der Waals surface area contributed by atoms with Crippen LogP contribution in [0.3, 0.4) is 0 Å². The fraction of sp³-hybridized carbons (Fsp3) is 0.290. The molecule has 2 amide bonds. The molecule has 226 valence electrons. The van der Waals surface area contributed by atoms with Crippen LogP contribution >= 0.6 is 0 Å². The monoisotopic (exact) mass is 604 g/mol. The Morgan fingerprint density at radius 1 is 0.884 bits per heavy atom. The summed E-state index contributed by atoms with van der Waals surface area (Å²) < 4.78 is 92.0. The zero-order valence-corrected chi connectivity index (χ0v) is 22.9.